The van der Waals surface area contributed by atoms with E-state index in [-0.39, 0.29) is 17.2 Å². The van der Waals surface area contributed by atoms with Gasteiger partial charge in [0, 0.05) is 24.5 Å². The van der Waals surface area contributed by atoms with Crippen molar-refractivity contribution in [1.82, 2.24) is 14.9 Å². The molecule has 4 nitrogen and oxygen atoms in total. The molecule has 0 heterocycles. The smallest absolute Gasteiger partial charge is 0.321 e. The molecule has 2 N–H and O–H groups in total. The van der Waals surface area contributed by atoms with Crippen LogP contribution in [0.15, 0.2) is 23.9 Å². The molecule has 5 heteroatoms. The van der Waals surface area contributed by atoms with Crippen LogP contribution in [-0.4, -0.2) is 36.8 Å². The van der Waals surface area contributed by atoms with Gasteiger partial charge in [0.2, 0.25) is 0 Å². The molecule has 112 valence electrons. The van der Waals surface area contributed by atoms with Crippen LogP contribution in [0.4, 0.5) is 4.79 Å². The molecular weight excluding hydrogens is 270 g/mol. The summed E-state index contributed by atoms with van der Waals surface area (Å²) in [6.07, 6.45) is 11.2. The molecule has 2 unspecified atom stereocenters. The first-order chi connectivity index (χ1) is 9.49. The van der Waals surface area contributed by atoms with E-state index in [4.69, 9.17) is 6.42 Å². The van der Waals surface area contributed by atoms with Gasteiger partial charge in [0.1, 0.15) is 0 Å². The number of carbonyl (C=O) groups is 1. The summed E-state index contributed by atoms with van der Waals surface area (Å²) >= 11 is 1.59. The number of amides is 2. The van der Waals surface area contributed by atoms with E-state index in [0.29, 0.717) is 6.54 Å². The van der Waals surface area contributed by atoms with Gasteiger partial charge in [-0.3, -0.25) is 4.72 Å². The fourth-order valence-electron chi connectivity index (χ4n) is 1.39. The van der Waals surface area contributed by atoms with Gasteiger partial charge in [-0.25, -0.2) is 4.79 Å². The monoisotopic (exact) mass is 295 g/mol. The lowest BCUT2D eigenvalue weighted by molar-refractivity contribution is 0.214. The van der Waals surface area contributed by atoms with Crippen LogP contribution in [-0.2, 0) is 0 Å². The summed E-state index contributed by atoms with van der Waals surface area (Å²) in [5, 5.41) is 3.10. The van der Waals surface area contributed by atoms with E-state index >= 15 is 0 Å². The van der Waals surface area contributed by atoms with Crippen molar-refractivity contribution in [2.24, 2.45) is 5.92 Å². The van der Waals surface area contributed by atoms with Crippen molar-refractivity contribution in [3.05, 3.63) is 23.9 Å². The van der Waals surface area contributed by atoms with Gasteiger partial charge in [-0.1, -0.05) is 36.9 Å². The van der Waals surface area contributed by atoms with E-state index in [0.717, 1.165) is 5.70 Å². The summed E-state index contributed by atoms with van der Waals surface area (Å²) in [5.74, 6) is 2.76. The number of allylic oxidation sites excluding steroid dienone is 3. The van der Waals surface area contributed by atoms with Crippen molar-refractivity contribution in [2.75, 3.05) is 20.6 Å². The minimum absolute atomic E-state index is 0.00297. The topological polar surface area (TPSA) is 44.4 Å². The Bertz CT molecular complexity index is 398. The molecule has 0 bridgehead atoms. The Morgan fingerprint density at radius 3 is 2.65 bits per heavy atom. The number of hydrogen-bond acceptors (Lipinski definition) is 3. The van der Waals surface area contributed by atoms with Crippen LogP contribution in [0.3, 0.4) is 0 Å². The maximum Gasteiger partial charge on any atom is 0.321 e. The van der Waals surface area contributed by atoms with Crippen molar-refractivity contribution < 1.29 is 4.79 Å². The third-order valence-corrected chi connectivity index (χ3v) is 3.77. The van der Waals surface area contributed by atoms with Crippen LogP contribution in [0.25, 0.3) is 0 Å². The van der Waals surface area contributed by atoms with Crippen LogP contribution in [0.1, 0.15) is 20.8 Å². The number of urea groups is 1. The average molecular weight is 295 g/mol. The predicted octanol–water partition coefficient (Wildman–Crippen LogP) is 2.61. The van der Waals surface area contributed by atoms with E-state index in [9.17, 15) is 4.79 Å². The average Bonchev–Trinajstić information content (AvgIpc) is 2.45. The third-order valence-electron chi connectivity index (χ3n) is 2.87. The Balaban J connectivity index is 4.67. The Kier molecular flexibility index (Phi) is 9.69. The summed E-state index contributed by atoms with van der Waals surface area (Å²) < 4.78 is 3.03. The maximum atomic E-state index is 11.8. The molecule has 0 saturated heterocycles. The van der Waals surface area contributed by atoms with Crippen LogP contribution in [0.2, 0.25) is 0 Å². The Morgan fingerprint density at radius 2 is 2.20 bits per heavy atom. The highest BCUT2D eigenvalue weighted by molar-refractivity contribution is 7.98. The van der Waals surface area contributed by atoms with Gasteiger partial charge in [-0.15, -0.1) is 6.42 Å². The van der Waals surface area contributed by atoms with E-state index in [1.807, 2.05) is 39.1 Å². The molecule has 0 radical (unpaired) electrons. The number of terminal acetylenes is 1. The Hall–Kier alpha value is -1.38. The van der Waals surface area contributed by atoms with Gasteiger partial charge in [0.15, 0.2) is 0 Å². The number of nitrogens with one attached hydrogen (secondary N) is 2. The van der Waals surface area contributed by atoms with Crippen LogP contribution in [0.5, 0.6) is 0 Å². The molecule has 0 saturated carbocycles. The molecule has 0 aliphatic heterocycles. The lowest BCUT2D eigenvalue weighted by Crippen LogP contribution is -2.36. The number of rotatable bonds is 7. The first-order valence-electron chi connectivity index (χ1n) is 6.65. The van der Waals surface area contributed by atoms with Gasteiger partial charge in [-0.2, -0.15) is 0 Å². The minimum atomic E-state index is -0.125. The molecule has 0 aromatic rings. The number of hydrogen-bond donors (Lipinski definition) is 2. The first kappa shape index (κ1) is 18.6. The molecule has 0 aromatic heterocycles. The van der Waals surface area contributed by atoms with Gasteiger partial charge < -0.3 is 10.2 Å². The zero-order valence-corrected chi connectivity index (χ0v) is 13.8. The van der Waals surface area contributed by atoms with Crippen molar-refractivity contribution in [1.29, 1.82) is 0 Å². The molecule has 0 aliphatic carbocycles. The summed E-state index contributed by atoms with van der Waals surface area (Å²) in [6.45, 7) is 6.53. The highest BCUT2D eigenvalue weighted by Gasteiger charge is 2.12. The lowest BCUT2D eigenvalue weighted by Gasteiger charge is -2.17. The molecule has 0 rings (SSSR count). The molecule has 2 amide bonds. The largest absolute Gasteiger partial charge is 0.328 e. The molecular formula is C15H25N3OS. The summed E-state index contributed by atoms with van der Waals surface area (Å²) in [5.41, 5.74) is 0.747. The fraction of sp³-hybridized carbons (Fsp3) is 0.533. The Labute approximate surface area is 127 Å². The van der Waals surface area contributed by atoms with Gasteiger partial charge in [0.05, 0.1) is 5.92 Å². The van der Waals surface area contributed by atoms with Crippen LogP contribution in [0, 0.1) is 18.3 Å². The summed E-state index contributed by atoms with van der Waals surface area (Å²) in [6, 6.07) is -0.125. The van der Waals surface area contributed by atoms with Gasteiger partial charge in [0.25, 0.3) is 0 Å². The van der Waals surface area contributed by atoms with Crippen molar-refractivity contribution in [2.45, 2.75) is 26.0 Å². The quantitative estimate of drug-likeness (QED) is 0.431. The van der Waals surface area contributed by atoms with Crippen molar-refractivity contribution in [3.8, 4) is 12.3 Å². The lowest BCUT2D eigenvalue weighted by atomic mass is 10.1. The molecule has 0 fully saturated rings. The summed E-state index contributed by atoms with van der Waals surface area (Å²) in [7, 11) is 3.62. The van der Waals surface area contributed by atoms with E-state index < -0.39 is 0 Å². The van der Waals surface area contributed by atoms with Gasteiger partial charge >= 0.3 is 6.03 Å². The van der Waals surface area contributed by atoms with Crippen LogP contribution >= 0.6 is 11.9 Å². The van der Waals surface area contributed by atoms with E-state index in [1.54, 1.807) is 23.9 Å². The second-order valence-electron chi connectivity index (χ2n) is 4.27. The van der Waals surface area contributed by atoms with Crippen molar-refractivity contribution >= 4 is 18.0 Å². The zero-order chi connectivity index (χ0) is 15.5. The number of nitrogens with zero attached hydrogens (tertiary/aromatic N) is 1. The second kappa shape index (κ2) is 10.4. The third kappa shape index (κ3) is 6.69. The fourth-order valence-corrected chi connectivity index (χ4v) is 2.07. The Morgan fingerprint density at radius 1 is 1.55 bits per heavy atom. The SMILES string of the molecule is C#CC(/C=C\C(=C/C)NC(=O)N(C)CC)C(C)SNC. The minimum Gasteiger partial charge on any atom is -0.328 e. The zero-order valence-electron chi connectivity index (χ0n) is 12.9. The van der Waals surface area contributed by atoms with E-state index in [1.165, 1.54) is 0 Å². The standard InChI is InChI=1S/C15H25N3OS/c1-7-13(12(4)20-16-5)10-11-14(8-2)17-15(19)18(6)9-3/h1,8,10-13,16H,9H2,2-6H3,(H,17,19)/b11-10-,14-8+. The van der Waals surface area contributed by atoms with E-state index in [2.05, 4.69) is 22.9 Å². The van der Waals surface area contributed by atoms with Crippen molar-refractivity contribution in [3.63, 3.8) is 0 Å². The highest BCUT2D eigenvalue weighted by atomic mass is 32.2. The van der Waals surface area contributed by atoms with Crippen LogP contribution < -0.4 is 10.0 Å². The molecule has 20 heavy (non-hydrogen) atoms. The molecule has 2 atom stereocenters. The highest BCUT2D eigenvalue weighted by Crippen LogP contribution is 2.17. The molecule has 0 aliphatic rings. The predicted molar refractivity (Wildman–Crippen MR) is 88.2 cm³/mol. The first-order valence-corrected chi connectivity index (χ1v) is 7.53. The molecule has 0 spiro atoms. The summed E-state index contributed by atoms with van der Waals surface area (Å²) in [4.78, 5) is 13.4. The second-order valence-corrected chi connectivity index (χ2v) is 5.65. The van der Waals surface area contributed by atoms with Gasteiger partial charge in [-0.05, 0) is 27.0 Å². The normalized spacial score (nSPS) is 14.7. The maximum absolute atomic E-state index is 11.8. The number of carbonyl (C=O) groups excluding carboxylic acids is 1. The molecule has 0 aromatic carbocycles.